The smallest absolute Gasteiger partial charge is 0.192 e. The van der Waals surface area contributed by atoms with Gasteiger partial charge < -0.3 is 42.3 Å². The summed E-state index contributed by atoms with van der Waals surface area (Å²) >= 11 is 0. The first kappa shape index (κ1) is 41.2. The maximum absolute atomic E-state index is 13.7. The Kier molecular flexibility index (Phi) is 13.5. The Balaban J connectivity index is 0.997. The van der Waals surface area contributed by atoms with Crippen LogP contribution in [0.4, 0.5) is 0 Å². The van der Waals surface area contributed by atoms with E-state index in [2.05, 4.69) is 46.0 Å². The average molecular weight is 789 g/mol. The second-order valence-corrected chi connectivity index (χ2v) is 21.9. The molecule has 4 aliphatic rings. The minimum absolute atomic E-state index is 0.0125. The molecule has 0 N–H and O–H groups in total. The van der Waals surface area contributed by atoms with Gasteiger partial charge in [-0.15, -0.1) is 0 Å². The van der Waals surface area contributed by atoms with Crippen LogP contribution in [-0.2, 0) is 55.6 Å². The van der Waals surface area contributed by atoms with Crippen molar-refractivity contribution < 1.29 is 47.1 Å². The van der Waals surface area contributed by atoms with Crippen molar-refractivity contribution in [2.45, 2.75) is 145 Å². The molecule has 7 rings (SSSR count). The van der Waals surface area contributed by atoms with Crippen molar-refractivity contribution in [1.82, 2.24) is 0 Å². The number of Topliss-reactive ketones (excluding diaryl/α,β-unsaturated/α-hetero) is 1. The lowest BCUT2D eigenvalue weighted by molar-refractivity contribution is -0.301. The van der Waals surface area contributed by atoms with E-state index in [4.69, 9.17) is 42.3 Å². The third-order valence-corrected chi connectivity index (χ3v) is 16.7. The van der Waals surface area contributed by atoms with Crippen LogP contribution in [0.5, 0.6) is 5.75 Å². The molecule has 0 aliphatic carbocycles. The summed E-state index contributed by atoms with van der Waals surface area (Å²) in [5.41, 5.74) is 3.12. The Labute approximate surface area is 333 Å². The molecule has 10 atom stereocenters. The molecule has 0 spiro atoms. The summed E-state index contributed by atoms with van der Waals surface area (Å²) < 4.78 is 57.8. The number of rotatable bonds is 14. The second-order valence-electron chi connectivity index (χ2n) is 17.2. The molecule has 4 heterocycles. The lowest BCUT2D eigenvalue weighted by Crippen LogP contribution is -2.58. The molecule has 4 fully saturated rings. The Bertz CT molecular complexity index is 1680. The molecular weight excluding hydrogens is 729 g/mol. The predicted octanol–water partition coefficient (Wildman–Crippen LogP) is 8.12. The van der Waals surface area contributed by atoms with Gasteiger partial charge in [-0.1, -0.05) is 93.6 Å². The molecule has 0 bridgehead atoms. The molecule has 4 saturated heterocycles. The van der Waals surface area contributed by atoms with Gasteiger partial charge in [-0.3, -0.25) is 4.79 Å². The van der Waals surface area contributed by atoms with Gasteiger partial charge in [0, 0.05) is 24.8 Å². The zero-order valence-electron chi connectivity index (χ0n) is 33.8. The van der Waals surface area contributed by atoms with Gasteiger partial charge in [0.05, 0.1) is 70.2 Å². The van der Waals surface area contributed by atoms with Crippen molar-refractivity contribution in [2.75, 3.05) is 20.3 Å². The van der Waals surface area contributed by atoms with Crippen molar-refractivity contribution in [3.05, 3.63) is 102 Å². The first-order valence-corrected chi connectivity index (χ1v) is 23.2. The van der Waals surface area contributed by atoms with Gasteiger partial charge >= 0.3 is 0 Å². The molecule has 0 unspecified atom stereocenters. The monoisotopic (exact) mass is 788 g/mol. The largest absolute Gasteiger partial charge is 0.497 e. The molecule has 0 aromatic heterocycles. The SMILES string of the molecule is COc1ccc([C@@H]2OC[C@H]3O[C@@H](CC[C@H]4O[C@H]5C[C@@H](OCc6ccccc6)[C@H](COCc6ccccc6)O[C@@H]5CC4=O)[C@H](O[Si](C)(C)C(C)(C)C)C[C@@H]3O2)cc1. The zero-order valence-corrected chi connectivity index (χ0v) is 34.8. The highest BCUT2D eigenvalue weighted by atomic mass is 28.4. The van der Waals surface area contributed by atoms with E-state index in [9.17, 15) is 4.79 Å². The van der Waals surface area contributed by atoms with Crippen molar-refractivity contribution in [1.29, 1.82) is 0 Å². The van der Waals surface area contributed by atoms with E-state index < -0.39 is 20.7 Å². The summed E-state index contributed by atoms with van der Waals surface area (Å²) in [6.45, 7) is 13.0. The molecule has 0 radical (unpaired) electrons. The quantitative estimate of drug-likeness (QED) is 0.149. The number of benzene rings is 3. The molecule has 304 valence electrons. The number of methoxy groups -OCH3 is 1. The summed E-state index contributed by atoms with van der Waals surface area (Å²) in [6, 6.07) is 28.0. The molecular formula is C45H60O10Si. The highest BCUT2D eigenvalue weighted by Crippen LogP contribution is 2.43. The van der Waals surface area contributed by atoms with Crippen molar-refractivity contribution in [2.24, 2.45) is 0 Å². The van der Waals surface area contributed by atoms with Gasteiger partial charge in [-0.25, -0.2) is 0 Å². The van der Waals surface area contributed by atoms with E-state index in [0.717, 1.165) is 22.4 Å². The molecule has 3 aromatic carbocycles. The lowest BCUT2D eigenvalue weighted by atomic mass is 9.88. The van der Waals surface area contributed by atoms with E-state index in [-0.39, 0.29) is 59.7 Å². The van der Waals surface area contributed by atoms with Gasteiger partial charge in [0.1, 0.15) is 24.1 Å². The van der Waals surface area contributed by atoms with Crippen molar-refractivity contribution in [3.63, 3.8) is 0 Å². The standard InChI is InChI=1S/C45H60O10Si/c1-45(2,3)56(5,6)55-41-25-40-43(29-50-44(54-40)32-17-19-33(47-4)20-18-32)52-36(41)22-21-35-34(46)23-38-39(51-35)24-37(49-27-31-15-11-8-12-16-31)42(53-38)28-48-26-30-13-9-7-10-14-30/h7-20,35-44H,21-29H2,1-6H3/t35-,36+,37-,38-,39+,40+,41-,42+,43-,44-/m1/s1. The molecule has 4 aliphatic heterocycles. The Morgan fingerprint density at radius 1 is 0.714 bits per heavy atom. The van der Waals surface area contributed by atoms with Crippen LogP contribution in [-0.4, -0.2) is 89.4 Å². The van der Waals surface area contributed by atoms with Gasteiger partial charge in [-0.2, -0.15) is 0 Å². The maximum atomic E-state index is 13.7. The van der Waals surface area contributed by atoms with Gasteiger partial charge in [-0.05, 0) is 54.2 Å². The van der Waals surface area contributed by atoms with Crippen LogP contribution < -0.4 is 4.74 Å². The van der Waals surface area contributed by atoms with E-state index in [0.29, 0.717) is 58.5 Å². The van der Waals surface area contributed by atoms with Crippen molar-refractivity contribution in [3.8, 4) is 5.75 Å². The van der Waals surface area contributed by atoms with Crippen LogP contribution >= 0.6 is 0 Å². The molecule has 0 amide bonds. The van der Waals surface area contributed by atoms with Crippen LogP contribution in [0.2, 0.25) is 18.1 Å². The molecule has 0 saturated carbocycles. The fourth-order valence-corrected chi connectivity index (χ4v) is 9.21. The first-order chi connectivity index (χ1) is 27.0. The van der Waals surface area contributed by atoms with E-state index in [1.54, 1.807) is 7.11 Å². The fourth-order valence-electron chi connectivity index (χ4n) is 7.85. The highest BCUT2D eigenvalue weighted by molar-refractivity contribution is 6.74. The highest BCUT2D eigenvalue weighted by Gasteiger charge is 2.49. The average Bonchev–Trinajstić information content (AvgIpc) is 3.19. The normalized spacial score (nSPS) is 31.0. The summed E-state index contributed by atoms with van der Waals surface area (Å²) in [4.78, 5) is 13.7. The predicted molar refractivity (Wildman–Crippen MR) is 214 cm³/mol. The van der Waals surface area contributed by atoms with Gasteiger partial charge in [0.2, 0.25) is 0 Å². The summed E-state index contributed by atoms with van der Waals surface area (Å²) in [5, 5.41) is 0.0125. The van der Waals surface area contributed by atoms with Gasteiger partial charge in [0.25, 0.3) is 0 Å². The van der Waals surface area contributed by atoms with Crippen LogP contribution in [0.3, 0.4) is 0 Å². The number of ether oxygens (including phenoxy) is 8. The Hall–Kier alpha value is -2.97. The number of carbonyl (C=O) groups is 1. The number of fused-ring (bicyclic) bond motifs is 2. The number of carbonyl (C=O) groups excluding carboxylic acids is 1. The van der Waals surface area contributed by atoms with Gasteiger partial charge in [0.15, 0.2) is 20.4 Å². The molecule has 56 heavy (non-hydrogen) atoms. The zero-order chi connectivity index (χ0) is 39.3. The molecule has 10 nitrogen and oxygen atoms in total. The summed E-state index contributed by atoms with van der Waals surface area (Å²) in [5.74, 6) is 0.840. The van der Waals surface area contributed by atoms with E-state index in [1.807, 2.05) is 72.8 Å². The van der Waals surface area contributed by atoms with Crippen molar-refractivity contribution >= 4 is 14.1 Å². The minimum atomic E-state index is -2.18. The third kappa shape index (κ3) is 10.2. The number of hydrogen-bond acceptors (Lipinski definition) is 10. The molecule has 3 aromatic rings. The Morgan fingerprint density at radius 3 is 2.04 bits per heavy atom. The van der Waals surface area contributed by atoms with Crippen LogP contribution in [0.25, 0.3) is 0 Å². The Morgan fingerprint density at radius 2 is 1.36 bits per heavy atom. The topological polar surface area (TPSA) is 100 Å². The second kappa shape index (κ2) is 18.3. The summed E-state index contributed by atoms with van der Waals surface area (Å²) in [6.07, 6.45) is -0.370. The van der Waals surface area contributed by atoms with E-state index >= 15 is 0 Å². The summed E-state index contributed by atoms with van der Waals surface area (Å²) in [7, 11) is -0.529. The van der Waals surface area contributed by atoms with Crippen LogP contribution in [0.1, 0.15) is 75.9 Å². The maximum Gasteiger partial charge on any atom is 0.192 e. The third-order valence-electron chi connectivity index (χ3n) is 12.2. The van der Waals surface area contributed by atoms with Crippen LogP contribution in [0.15, 0.2) is 84.9 Å². The van der Waals surface area contributed by atoms with E-state index in [1.165, 1.54) is 0 Å². The number of ketones is 1. The molecule has 11 heteroatoms. The fraction of sp³-hybridized carbons (Fsp3) is 0.578. The number of hydrogen-bond donors (Lipinski definition) is 0. The minimum Gasteiger partial charge on any atom is -0.497 e. The van der Waals surface area contributed by atoms with Crippen LogP contribution in [0, 0.1) is 0 Å². The lowest BCUT2D eigenvalue weighted by Gasteiger charge is -2.49. The first-order valence-electron chi connectivity index (χ1n) is 20.3.